The predicted molar refractivity (Wildman–Crippen MR) is 128 cm³/mol. The van der Waals surface area contributed by atoms with Crippen LogP contribution < -0.4 is 5.32 Å². The number of hydrogen-bond donors (Lipinski definition) is 1. The van der Waals surface area contributed by atoms with Crippen LogP contribution in [0.15, 0.2) is 67.1 Å². The summed E-state index contributed by atoms with van der Waals surface area (Å²) in [6.45, 7) is 5.37. The lowest BCUT2D eigenvalue weighted by Crippen LogP contribution is -2.12. The summed E-state index contributed by atoms with van der Waals surface area (Å²) in [5.41, 5.74) is 6.02. The van der Waals surface area contributed by atoms with Gasteiger partial charge in [-0.2, -0.15) is 0 Å². The molecule has 5 rings (SSSR count). The van der Waals surface area contributed by atoms with Crippen molar-refractivity contribution in [3.63, 3.8) is 0 Å². The summed E-state index contributed by atoms with van der Waals surface area (Å²) in [6, 6.07) is 17.6. The van der Waals surface area contributed by atoms with E-state index in [1.807, 2.05) is 25.3 Å². The van der Waals surface area contributed by atoms with Gasteiger partial charge in [-0.1, -0.05) is 24.3 Å². The van der Waals surface area contributed by atoms with Gasteiger partial charge in [-0.15, -0.1) is 0 Å². The maximum absolute atomic E-state index is 13.9. The molecular weight excluding hydrogens is 421 g/mol. The van der Waals surface area contributed by atoms with Crippen molar-refractivity contribution in [2.75, 3.05) is 11.9 Å². The fraction of sp³-hybridized carbons (Fsp3) is 0.160. The van der Waals surface area contributed by atoms with Gasteiger partial charge in [0.1, 0.15) is 18.0 Å². The summed E-state index contributed by atoms with van der Waals surface area (Å²) in [7, 11) is 0. The molecule has 32 heavy (non-hydrogen) atoms. The van der Waals surface area contributed by atoms with Crippen LogP contribution in [-0.2, 0) is 6.54 Å². The van der Waals surface area contributed by atoms with Gasteiger partial charge in [0, 0.05) is 42.0 Å². The zero-order chi connectivity index (χ0) is 22.1. The lowest BCUT2D eigenvalue weighted by Gasteiger charge is -2.11. The zero-order valence-electron chi connectivity index (χ0n) is 17.8. The van der Waals surface area contributed by atoms with Gasteiger partial charge in [0.25, 0.3) is 0 Å². The van der Waals surface area contributed by atoms with E-state index in [0.29, 0.717) is 13.1 Å². The Morgan fingerprint density at radius 2 is 1.78 bits per heavy atom. The van der Waals surface area contributed by atoms with Gasteiger partial charge in [0.15, 0.2) is 0 Å². The lowest BCUT2D eigenvalue weighted by molar-refractivity contribution is 0.626. The summed E-state index contributed by atoms with van der Waals surface area (Å²) in [5.74, 6) is 0.558. The number of hydrogen-bond acceptors (Lipinski definition) is 5. The Hall–Kier alpha value is -3.58. The highest BCUT2D eigenvalue weighted by Crippen LogP contribution is 2.27. The number of anilines is 1. The average molecular weight is 444 g/mol. The predicted octanol–water partition coefficient (Wildman–Crippen LogP) is 6.09. The van der Waals surface area contributed by atoms with Crippen LogP contribution in [0.25, 0.3) is 32.6 Å². The third-order valence-corrected chi connectivity index (χ3v) is 6.41. The molecule has 0 unspecified atom stereocenters. The molecule has 0 atom stereocenters. The second-order valence-corrected chi connectivity index (χ2v) is 8.60. The van der Waals surface area contributed by atoms with Crippen LogP contribution in [0.4, 0.5) is 10.2 Å². The third-order valence-electron chi connectivity index (χ3n) is 5.61. The van der Waals surface area contributed by atoms with Crippen LogP contribution in [0.3, 0.4) is 0 Å². The van der Waals surface area contributed by atoms with E-state index in [9.17, 15) is 4.39 Å². The van der Waals surface area contributed by atoms with Crippen LogP contribution in [-0.4, -0.2) is 25.5 Å². The molecule has 5 aromatic rings. The molecule has 0 saturated heterocycles. The highest BCUT2D eigenvalue weighted by Gasteiger charge is 2.10. The molecule has 1 N–H and O–H groups in total. The van der Waals surface area contributed by atoms with Gasteiger partial charge in [0.05, 0.1) is 16.1 Å². The lowest BCUT2D eigenvalue weighted by atomic mass is 10.1. The van der Waals surface area contributed by atoms with Crippen molar-refractivity contribution in [3.8, 4) is 21.7 Å². The minimum atomic E-state index is -0.205. The number of aromatic nitrogens is 4. The first-order valence-corrected chi connectivity index (χ1v) is 11.2. The molecule has 0 bridgehead atoms. The Labute approximate surface area is 189 Å². The summed E-state index contributed by atoms with van der Waals surface area (Å²) >= 11 is 1.48. The van der Waals surface area contributed by atoms with E-state index in [1.165, 1.54) is 11.5 Å². The Balaban J connectivity index is 1.30. The highest BCUT2D eigenvalue weighted by atomic mass is 32.1. The SMILES string of the molecule is Cc1cc(F)cc2c1cc(C)n2CCNc1cc(-c2ccc(-c3ccns3)cc2)ncn1. The van der Waals surface area contributed by atoms with Gasteiger partial charge in [0.2, 0.25) is 0 Å². The summed E-state index contributed by atoms with van der Waals surface area (Å²) in [5, 5.41) is 4.47. The summed E-state index contributed by atoms with van der Waals surface area (Å²) in [4.78, 5) is 9.93. The molecule has 0 aliphatic heterocycles. The zero-order valence-corrected chi connectivity index (χ0v) is 18.7. The molecule has 0 fully saturated rings. The van der Waals surface area contributed by atoms with Crippen molar-refractivity contribution in [3.05, 3.63) is 84.2 Å². The van der Waals surface area contributed by atoms with Crippen molar-refractivity contribution >= 4 is 28.3 Å². The minimum absolute atomic E-state index is 0.205. The Morgan fingerprint density at radius 1 is 0.969 bits per heavy atom. The first-order chi connectivity index (χ1) is 15.6. The molecule has 3 aromatic heterocycles. The summed E-state index contributed by atoms with van der Waals surface area (Å²) in [6.07, 6.45) is 3.38. The van der Waals surface area contributed by atoms with Gasteiger partial charge < -0.3 is 9.88 Å². The summed E-state index contributed by atoms with van der Waals surface area (Å²) < 4.78 is 20.2. The van der Waals surface area contributed by atoms with Gasteiger partial charge >= 0.3 is 0 Å². The van der Waals surface area contributed by atoms with E-state index in [-0.39, 0.29) is 5.82 Å². The molecule has 0 radical (unpaired) electrons. The van der Waals surface area contributed by atoms with Gasteiger partial charge in [-0.05, 0) is 60.8 Å². The number of halogens is 1. The fourth-order valence-corrected chi connectivity index (χ4v) is 4.60. The molecule has 0 aliphatic carbocycles. The second-order valence-electron chi connectivity index (χ2n) is 7.76. The largest absolute Gasteiger partial charge is 0.368 e. The minimum Gasteiger partial charge on any atom is -0.368 e. The van der Waals surface area contributed by atoms with E-state index >= 15 is 0 Å². The smallest absolute Gasteiger partial charge is 0.130 e. The maximum Gasteiger partial charge on any atom is 0.130 e. The van der Waals surface area contributed by atoms with Gasteiger partial charge in [-0.3, -0.25) is 0 Å². The van der Waals surface area contributed by atoms with Crippen LogP contribution in [0.1, 0.15) is 11.3 Å². The second kappa shape index (κ2) is 8.51. The molecule has 3 heterocycles. The topological polar surface area (TPSA) is 55.6 Å². The molecule has 0 spiro atoms. The Bertz CT molecular complexity index is 1370. The first kappa shape index (κ1) is 20.3. The first-order valence-electron chi connectivity index (χ1n) is 10.4. The van der Waals surface area contributed by atoms with Crippen molar-refractivity contribution < 1.29 is 4.39 Å². The third kappa shape index (κ3) is 3.99. The fourth-order valence-electron chi connectivity index (χ4n) is 4.00. The number of nitrogens with zero attached hydrogens (tertiary/aromatic N) is 4. The van der Waals surface area contributed by atoms with E-state index < -0.39 is 0 Å². The molecule has 7 heteroatoms. The van der Waals surface area contributed by atoms with Crippen molar-refractivity contribution in [1.82, 2.24) is 18.9 Å². The highest BCUT2D eigenvalue weighted by molar-refractivity contribution is 7.09. The maximum atomic E-state index is 13.9. The Morgan fingerprint density at radius 3 is 2.56 bits per heavy atom. The van der Waals surface area contributed by atoms with E-state index in [1.54, 1.807) is 18.5 Å². The Kier molecular flexibility index (Phi) is 5.41. The average Bonchev–Trinajstić information content (AvgIpc) is 3.43. The number of rotatable bonds is 6. The van der Waals surface area contributed by atoms with Crippen molar-refractivity contribution in [2.24, 2.45) is 0 Å². The van der Waals surface area contributed by atoms with E-state index in [0.717, 1.165) is 49.7 Å². The quantitative estimate of drug-likeness (QED) is 0.345. The van der Waals surface area contributed by atoms with Crippen LogP contribution in [0, 0.1) is 19.7 Å². The molecular formula is C25H22FN5S. The molecule has 0 amide bonds. The molecule has 2 aromatic carbocycles. The van der Waals surface area contributed by atoms with Crippen LogP contribution in [0.2, 0.25) is 0 Å². The molecule has 0 aliphatic rings. The van der Waals surface area contributed by atoms with Crippen molar-refractivity contribution in [1.29, 1.82) is 0 Å². The van der Waals surface area contributed by atoms with Crippen molar-refractivity contribution in [2.45, 2.75) is 20.4 Å². The number of fused-ring (bicyclic) bond motifs is 1. The number of benzene rings is 2. The van der Waals surface area contributed by atoms with Crippen LogP contribution >= 0.6 is 11.5 Å². The van der Waals surface area contributed by atoms with E-state index in [4.69, 9.17) is 0 Å². The molecule has 160 valence electrons. The molecule has 0 saturated carbocycles. The monoisotopic (exact) mass is 443 g/mol. The number of nitrogens with one attached hydrogen (secondary N) is 1. The molecule has 5 nitrogen and oxygen atoms in total. The normalized spacial score (nSPS) is 11.2. The van der Waals surface area contributed by atoms with E-state index in [2.05, 4.69) is 61.5 Å². The van der Waals surface area contributed by atoms with Crippen LogP contribution in [0.5, 0.6) is 0 Å². The number of aryl methyl sites for hydroxylation is 2. The van der Waals surface area contributed by atoms with Gasteiger partial charge in [-0.25, -0.2) is 18.7 Å². The standard InChI is InChI=1S/C25H22FN5S/c1-16-11-20(26)13-23-21(16)12-17(2)31(23)10-9-27-25-14-22(28-15-29-25)18-3-5-19(6-4-18)24-7-8-30-32-24/h3-8,11-15H,9-10H2,1-2H3,(H,27,28,29).